The molecule has 4 nitrogen and oxygen atoms in total. The van der Waals surface area contributed by atoms with E-state index in [4.69, 9.17) is 11.6 Å². The van der Waals surface area contributed by atoms with Crippen molar-refractivity contribution in [1.82, 2.24) is 19.7 Å². The van der Waals surface area contributed by atoms with E-state index in [9.17, 15) is 0 Å². The molecule has 0 fully saturated rings. The molecule has 5 heteroatoms. The van der Waals surface area contributed by atoms with Gasteiger partial charge in [0.1, 0.15) is 5.65 Å². The van der Waals surface area contributed by atoms with E-state index in [-0.39, 0.29) is 0 Å². The Balaban J connectivity index is 2.21. The van der Waals surface area contributed by atoms with Crippen molar-refractivity contribution in [3.05, 3.63) is 35.2 Å². The summed E-state index contributed by atoms with van der Waals surface area (Å²) in [6.45, 7) is 1.99. The lowest BCUT2D eigenvalue weighted by Gasteiger charge is -1.91. The Hall–Kier alpha value is -1.81. The van der Waals surface area contributed by atoms with Crippen LogP contribution in [-0.4, -0.2) is 19.7 Å². The SMILES string of the molecule is Cc1nn(C)cc1-c1cc2cc(Cl)cnc2[nH]1. The number of aromatic amines is 1. The van der Waals surface area contributed by atoms with E-state index >= 15 is 0 Å². The van der Waals surface area contributed by atoms with Crippen LogP contribution in [0.2, 0.25) is 5.02 Å². The molecular formula is C12H11ClN4. The summed E-state index contributed by atoms with van der Waals surface area (Å²) >= 11 is 5.92. The monoisotopic (exact) mass is 246 g/mol. The number of hydrogen-bond donors (Lipinski definition) is 1. The first-order valence-corrected chi connectivity index (χ1v) is 5.66. The maximum atomic E-state index is 5.92. The summed E-state index contributed by atoms with van der Waals surface area (Å²) in [4.78, 5) is 7.52. The first-order chi connectivity index (χ1) is 8.13. The van der Waals surface area contributed by atoms with Crippen LogP contribution in [0.4, 0.5) is 0 Å². The number of rotatable bonds is 1. The van der Waals surface area contributed by atoms with Crippen molar-refractivity contribution in [2.75, 3.05) is 0 Å². The minimum absolute atomic E-state index is 0.644. The van der Waals surface area contributed by atoms with Gasteiger partial charge in [0.05, 0.1) is 16.4 Å². The second kappa shape index (κ2) is 3.60. The summed E-state index contributed by atoms with van der Waals surface area (Å²) in [6, 6.07) is 3.94. The largest absolute Gasteiger partial charge is 0.339 e. The molecule has 0 radical (unpaired) electrons. The van der Waals surface area contributed by atoms with Gasteiger partial charge < -0.3 is 4.98 Å². The number of nitrogens with zero attached hydrogens (tertiary/aromatic N) is 3. The lowest BCUT2D eigenvalue weighted by Crippen LogP contribution is -1.86. The molecule has 3 rings (SSSR count). The Bertz CT molecular complexity index is 696. The van der Waals surface area contributed by atoms with Gasteiger partial charge in [0, 0.05) is 30.4 Å². The highest BCUT2D eigenvalue weighted by atomic mass is 35.5. The minimum Gasteiger partial charge on any atom is -0.339 e. The predicted molar refractivity (Wildman–Crippen MR) is 68.0 cm³/mol. The van der Waals surface area contributed by atoms with E-state index in [1.807, 2.05) is 32.3 Å². The molecule has 3 aromatic rings. The van der Waals surface area contributed by atoms with Gasteiger partial charge in [-0.25, -0.2) is 4.98 Å². The molecule has 1 N–H and O–H groups in total. The maximum Gasteiger partial charge on any atom is 0.137 e. The zero-order valence-corrected chi connectivity index (χ0v) is 10.3. The smallest absolute Gasteiger partial charge is 0.137 e. The van der Waals surface area contributed by atoms with Gasteiger partial charge in [-0.2, -0.15) is 5.10 Å². The number of nitrogens with one attached hydrogen (secondary N) is 1. The van der Waals surface area contributed by atoms with Gasteiger partial charge >= 0.3 is 0 Å². The number of H-pyrrole nitrogens is 1. The van der Waals surface area contributed by atoms with Gasteiger partial charge in [0.25, 0.3) is 0 Å². The third-order valence-corrected chi connectivity index (χ3v) is 2.95. The summed E-state index contributed by atoms with van der Waals surface area (Å²) in [7, 11) is 1.91. The second-order valence-electron chi connectivity index (χ2n) is 4.08. The van der Waals surface area contributed by atoms with Crippen LogP contribution in [0.15, 0.2) is 24.5 Å². The quantitative estimate of drug-likeness (QED) is 0.718. The fraction of sp³-hybridized carbons (Fsp3) is 0.167. The number of halogens is 1. The molecule has 0 amide bonds. The van der Waals surface area contributed by atoms with E-state index in [0.717, 1.165) is 28.0 Å². The van der Waals surface area contributed by atoms with Gasteiger partial charge in [-0.1, -0.05) is 11.6 Å². The van der Waals surface area contributed by atoms with Crippen LogP contribution in [0.1, 0.15) is 5.69 Å². The molecule has 3 aromatic heterocycles. The van der Waals surface area contributed by atoms with Gasteiger partial charge in [0.2, 0.25) is 0 Å². The average molecular weight is 247 g/mol. The lowest BCUT2D eigenvalue weighted by atomic mass is 10.2. The molecule has 0 atom stereocenters. The molecule has 0 aliphatic rings. The topological polar surface area (TPSA) is 46.5 Å². The zero-order valence-electron chi connectivity index (χ0n) is 9.53. The van der Waals surface area contributed by atoms with Crippen LogP contribution in [0.3, 0.4) is 0 Å². The Morgan fingerprint density at radius 2 is 2.18 bits per heavy atom. The molecule has 0 saturated carbocycles. The third kappa shape index (κ3) is 1.70. The highest BCUT2D eigenvalue weighted by Crippen LogP contribution is 2.26. The average Bonchev–Trinajstić information content (AvgIpc) is 2.80. The van der Waals surface area contributed by atoms with Crippen molar-refractivity contribution in [2.45, 2.75) is 6.92 Å². The molecule has 0 unspecified atom stereocenters. The lowest BCUT2D eigenvalue weighted by molar-refractivity contribution is 0.756. The highest BCUT2D eigenvalue weighted by molar-refractivity contribution is 6.31. The summed E-state index contributed by atoms with van der Waals surface area (Å²) < 4.78 is 1.80. The number of aryl methyl sites for hydroxylation is 2. The first kappa shape index (κ1) is 10.4. The van der Waals surface area contributed by atoms with Crippen LogP contribution in [0.5, 0.6) is 0 Å². The van der Waals surface area contributed by atoms with E-state index in [1.165, 1.54) is 0 Å². The number of fused-ring (bicyclic) bond motifs is 1. The van der Waals surface area contributed by atoms with Crippen molar-refractivity contribution in [3.63, 3.8) is 0 Å². The van der Waals surface area contributed by atoms with E-state index < -0.39 is 0 Å². The van der Waals surface area contributed by atoms with E-state index in [1.54, 1.807) is 10.9 Å². The van der Waals surface area contributed by atoms with Gasteiger partial charge in [-0.05, 0) is 19.1 Å². The standard InChI is InChI=1S/C12H11ClN4/c1-7-10(6-17(2)16-7)11-4-8-3-9(13)5-14-12(8)15-11/h3-6H,1-2H3,(H,14,15). The molecule has 0 aliphatic carbocycles. The second-order valence-corrected chi connectivity index (χ2v) is 4.51. The fourth-order valence-electron chi connectivity index (χ4n) is 2.00. The summed E-state index contributed by atoms with van der Waals surface area (Å²) in [5.74, 6) is 0. The number of hydrogen-bond acceptors (Lipinski definition) is 2. The molecule has 0 aliphatic heterocycles. The highest BCUT2D eigenvalue weighted by Gasteiger charge is 2.09. The molecule has 0 aromatic carbocycles. The Morgan fingerprint density at radius 3 is 2.88 bits per heavy atom. The molecule has 0 spiro atoms. The third-order valence-electron chi connectivity index (χ3n) is 2.74. The van der Waals surface area contributed by atoms with E-state index in [2.05, 4.69) is 15.1 Å². The van der Waals surface area contributed by atoms with Crippen molar-refractivity contribution >= 4 is 22.6 Å². The minimum atomic E-state index is 0.644. The Morgan fingerprint density at radius 1 is 1.35 bits per heavy atom. The summed E-state index contributed by atoms with van der Waals surface area (Å²) in [5.41, 5.74) is 3.93. The Kier molecular flexibility index (Phi) is 2.19. The number of aromatic nitrogens is 4. The maximum absolute atomic E-state index is 5.92. The normalized spacial score (nSPS) is 11.2. The van der Waals surface area contributed by atoms with E-state index in [0.29, 0.717) is 5.02 Å². The van der Waals surface area contributed by atoms with Crippen LogP contribution in [-0.2, 0) is 7.05 Å². The predicted octanol–water partition coefficient (Wildman–Crippen LogP) is 2.93. The van der Waals surface area contributed by atoms with Crippen molar-refractivity contribution in [3.8, 4) is 11.3 Å². The van der Waals surface area contributed by atoms with Crippen LogP contribution >= 0.6 is 11.6 Å². The Labute approximate surface area is 103 Å². The van der Waals surface area contributed by atoms with Gasteiger partial charge in [-0.3, -0.25) is 4.68 Å². The van der Waals surface area contributed by atoms with Gasteiger partial charge in [0.15, 0.2) is 0 Å². The van der Waals surface area contributed by atoms with Crippen molar-refractivity contribution in [1.29, 1.82) is 0 Å². The summed E-state index contributed by atoms with van der Waals surface area (Å²) in [6.07, 6.45) is 3.63. The first-order valence-electron chi connectivity index (χ1n) is 5.28. The molecule has 86 valence electrons. The molecule has 0 bridgehead atoms. The molecular weight excluding hydrogens is 236 g/mol. The van der Waals surface area contributed by atoms with Crippen LogP contribution in [0.25, 0.3) is 22.3 Å². The van der Waals surface area contributed by atoms with Crippen LogP contribution in [0, 0.1) is 6.92 Å². The summed E-state index contributed by atoms with van der Waals surface area (Å²) in [5, 5.41) is 5.98. The molecule has 3 heterocycles. The van der Waals surface area contributed by atoms with Crippen molar-refractivity contribution < 1.29 is 0 Å². The van der Waals surface area contributed by atoms with Gasteiger partial charge in [-0.15, -0.1) is 0 Å². The van der Waals surface area contributed by atoms with Crippen molar-refractivity contribution in [2.24, 2.45) is 7.05 Å². The number of pyridine rings is 1. The fourth-order valence-corrected chi connectivity index (χ4v) is 2.16. The molecule has 17 heavy (non-hydrogen) atoms. The zero-order chi connectivity index (χ0) is 12.0. The van der Waals surface area contributed by atoms with Crippen LogP contribution < -0.4 is 0 Å². The molecule has 0 saturated heterocycles.